The zero-order valence-electron chi connectivity index (χ0n) is 16.5. The third-order valence-electron chi connectivity index (χ3n) is 5.32. The van der Waals surface area contributed by atoms with Crippen molar-refractivity contribution in [1.82, 2.24) is 9.80 Å². The predicted molar refractivity (Wildman–Crippen MR) is 107 cm³/mol. The van der Waals surface area contributed by atoms with Gasteiger partial charge in [0.2, 0.25) is 5.91 Å². The molecule has 4 nitrogen and oxygen atoms in total. The van der Waals surface area contributed by atoms with Crippen molar-refractivity contribution in [3.05, 3.63) is 71.5 Å². The zero-order chi connectivity index (χ0) is 20.1. The molecule has 3 rings (SSSR count). The molecule has 2 aromatic carbocycles. The van der Waals surface area contributed by atoms with Crippen LogP contribution in [0.3, 0.4) is 0 Å². The number of hydrogen-bond acceptors (Lipinski definition) is 2. The molecule has 0 aromatic heterocycles. The van der Waals surface area contributed by atoms with E-state index in [0.717, 1.165) is 5.56 Å². The normalized spacial score (nSPS) is 14.9. The summed E-state index contributed by atoms with van der Waals surface area (Å²) in [6, 6.07) is 15.7. The minimum absolute atomic E-state index is 0.0663. The summed E-state index contributed by atoms with van der Waals surface area (Å²) in [4.78, 5) is 29.4. The van der Waals surface area contributed by atoms with Gasteiger partial charge >= 0.3 is 0 Å². The number of piperidine rings is 1. The first-order valence-electron chi connectivity index (χ1n) is 9.85. The first-order chi connectivity index (χ1) is 13.5. The van der Waals surface area contributed by atoms with E-state index in [4.69, 9.17) is 0 Å². The molecule has 0 N–H and O–H groups in total. The van der Waals surface area contributed by atoms with Gasteiger partial charge in [0.15, 0.2) is 0 Å². The summed E-state index contributed by atoms with van der Waals surface area (Å²) in [6.45, 7) is 5.77. The number of halogens is 1. The largest absolute Gasteiger partial charge is 0.339 e. The van der Waals surface area contributed by atoms with Crippen LogP contribution in [0.4, 0.5) is 4.39 Å². The lowest BCUT2D eigenvalue weighted by molar-refractivity contribution is -0.139. The molecule has 1 saturated heterocycles. The molecule has 0 unspecified atom stereocenters. The van der Waals surface area contributed by atoms with Gasteiger partial charge in [-0.3, -0.25) is 9.59 Å². The lowest BCUT2D eigenvalue weighted by atomic mass is 9.94. The Morgan fingerprint density at radius 3 is 2.21 bits per heavy atom. The number of amides is 2. The fourth-order valence-corrected chi connectivity index (χ4v) is 3.63. The van der Waals surface area contributed by atoms with Crippen LogP contribution in [-0.2, 0) is 11.3 Å². The van der Waals surface area contributed by atoms with Crippen molar-refractivity contribution >= 4 is 11.8 Å². The average Bonchev–Trinajstić information content (AvgIpc) is 2.72. The molecule has 0 aliphatic carbocycles. The lowest BCUT2D eigenvalue weighted by Gasteiger charge is -2.36. The van der Waals surface area contributed by atoms with E-state index >= 15 is 0 Å². The smallest absolute Gasteiger partial charge is 0.253 e. The second-order valence-electron chi connectivity index (χ2n) is 7.62. The van der Waals surface area contributed by atoms with Gasteiger partial charge in [-0.25, -0.2) is 4.39 Å². The van der Waals surface area contributed by atoms with E-state index in [1.807, 2.05) is 49.1 Å². The van der Waals surface area contributed by atoms with Crippen molar-refractivity contribution in [3.63, 3.8) is 0 Å². The van der Waals surface area contributed by atoms with E-state index in [1.165, 1.54) is 24.3 Å². The molecule has 28 heavy (non-hydrogen) atoms. The maximum Gasteiger partial charge on any atom is 0.253 e. The number of nitrogens with zero attached hydrogens (tertiary/aromatic N) is 2. The molecule has 5 heteroatoms. The van der Waals surface area contributed by atoms with Crippen molar-refractivity contribution < 1.29 is 14.0 Å². The first-order valence-corrected chi connectivity index (χ1v) is 9.85. The summed E-state index contributed by atoms with van der Waals surface area (Å²) in [5.74, 6) is -0.361. The Bertz CT molecular complexity index is 797. The Labute approximate surface area is 166 Å². The number of carbonyl (C=O) groups excluding carboxylic acids is 2. The van der Waals surface area contributed by atoms with Crippen LogP contribution >= 0.6 is 0 Å². The van der Waals surface area contributed by atoms with Crippen LogP contribution < -0.4 is 0 Å². The summed E-state index contributed by atoms with van der Waals surface area (Å²) in [7, 11) is 0. The van der Waals surface area contributed by atoms with Crippen molar-refractivity contribution in [2.45, 2.75) is 39.3 Å². The quantitative estimate of drug-likeness (QED) is 0.781. The molecule has 1 aliphatic heterocycles. The third-order valence-corrected chi connectivity index (χ3v) is 5.32. The van der Waals surface area contributed by atoms with Crippen LogP contribution in [0.2, 0.25) is 0 Å². The molecule has 0 bridgehead atoms. The van der Waals surface area contributed by atoms with Gasteiger partial charge in [-0.2, -0.15) is 0 Å². The van der Waals surface area contributed by atoms with Crippen molar-refractivity contribution in [3.8, 4) is 0 Å². The minimum Gasteiger partial charge on any atom is -0.339 e. The van der Waals surface area contributed by atoms with Crippen molar-refractivity contribution in [2.75, 3.05) is 13.1 Å². The number of benzene rings is 2. The Kier molecular flexibility index (Phi) is 6.45. The fourth-order valence-electron chi connectivity index (χ4n) is 3.63. The second kappa shape index (κ2) is 9.00. The van der Waals surface area contributed by atoms with Gasteiger partial charge in [0, 0.05) is 37.2 Å². The summed E-state index contributed by atoms with van der Waals surface area (Å²) in [5.41, 5.74) is 1.60. The SMILES string of the molecule is CC(C)N(Cc1ccccc1)C(=O)C1CCN(C(=O)c2ccc(F)cc2)CC1. The number of likely N-dealkylation sites (tertiary alicyclic amines) is 1. The van der Waals surface area contributed by atoms with Gasteiger partial charge in [-0.1, -0.05) is 30.3 Å². The van der Waals surface area contributed by atoms with Crippen LogP contribution in [0, 0.1) is 11.7 Å². The molecule has 148 valence electrons. The van der Waals surface area contributed by atoms with Gasteiger partial charge in [-0.15, -0.1) is 0 Å². The van der Waals surface area contributed by atoms with Gasteiger partial charge in [-0.05, 0) is 56.5 Å². The van der Waals surface area contributed by atoms with Gasteiger partial charge < -0.3 is 9.80 Å². The maximum atomic E-state index is 13.1. The number of rotatable bonds is 5. The molecular weight excluding hydrogens is 355 g/mol. The van der Waals surface area contributed by atoms with E-state index in [-0.39, 0.29) is 29.6 Å². The molecule has 1 aliphatic rings. The summed E-state index contributed by atoms with van der Waals surface area (Å²) < 4.78 is 13.1. The zero-order valence-corrected chi connectivity index (χ0v) is 16.5. The van der Waals surface area contributed by atoms with E-state index in [2.05, 4.69) is 0 Å². The first kappa shape index (κ1) is 20.1. The number of carbonyl (C=O) groups is 2. The monoisotopic (exact) mass is 382 g/mol. The maximum absolute atomic E-state index is 13.1. The number of hydrogen-bond donors (Lipinski definition) is 0. The Morgan fingerprint density at radius 1 is 1.04 bits per heavy atom. The molecule has 0 atom stereocenters. The highest BCUT2D eigenvalue weighted by Crippen LogP contribution is 2.23. The lowest BCUT2D eigenvalue weighted by Crippen LogP contribution is -2.46. The topological polar surface area (TPSA) is 40.6 Å². The molecule has 1 heterocycles. The fraction of sp³-hybridized carbons (Fsp3) is 0.391. The van der Waals surface area contributed by atoms with Crippen molar-refractivity contribution in [2.24, 2.45) is 5.92 Å². The van der Waals surface area contributed by atoms with Gasteiger partial charge in [0.1, 0.15) is 5.82 Å². The van der Waals surface area contributed by atoms with E-state index < -0.39 is 0 Å². The highest BCUT2D eigenvalue weighted by atomic mass is 19.1. The standard InChI is InChI=1S/C23H27FN2O2/c1-17(2)26(16-18-6-4-3-5-7-18)23(28)20-12-14-25(15-13-20)22(27)19-8-10-21(24)11-9-19/h3-11,17,20H,12-16H2,1-2H3. The van der Waals surface area contributed by atoms with Crippen LogP contribution in [0.1, 0.15) is 42.6 Å². The second-order valence-corrected chi connectivity index (χ2v) is 7.62. The van der Waals surface area contributed by atoms with E-state index in [9.17, 15) is 14.0 Å². The molecule has 2 aromatic rings. The molecular formula is C23H27FN2O2. The summed E-state index contributed by atoms with van der Waals surface area (Å²) in [6.07, 6.45) is 1.31. The highest BCUT2D eigenvalue weighted by molar-refractivity contribution is 5.94. The summed E-state index contributed by atoms with van der Waals surface area (Å²) >= 11 is 0. The molecule has 0 spiro atoms. The van der Waals surface area contributed by atoms with Gasteiger partial charge in [0.25, 0.3) is 5.91 Å². The Balaban J connectivity index is 1.60. The minimum atomic E-state index is -0.354. The van der Waals surface area contributed by atoms with Crippen LogP contribution in [-0.4, -0.2) is 40.7 Å². The third kappa shape index (κ3) is 4.77. The van der Waals surface area contributed by atoms with E-state index in [0.29, 0.717) is 38.0 Å². The molecule has 0 radical (unpaired) electrons. The summed E-state index contributed by atoms with van der Waals surface area (Å²) in [5, 5.41) is 0. The van der Waals surface area contributed by atoms with Crippen molar-refractivity contribution in [1.29, 1.82) is 0 Å². The Morgan fingerprint density at radius 2 is 1.64 bits per heavy atom. The predicted octanol–water partition coefficient (Wildman–Crippen LogP) is 4.12. The molecule has 1 fully saturated rings. The van der Waals surface area contributed by atoms with Crippen LogP contribution in [0.5, 0.6) is 0 Å². The molecule has 2 amide bonds. The average molecular weight is 382 g/mol. The van der Waals surface area contributed by atoms with Gasteiger partial charge in [0.05, 0.1) is 0 Å². The van der Waals surface area contributed by atoms with Crippen LogP contribution in [0.25, 0.3) is 0 Å². The molecule has 0 saturated carbocycles. The highest BCUT2D eigenvalue weighted by Gasteiger charge is 2.31. The van der Waals surface area contributed by atoms with E-state index in [1.54, 1.807) is 4.90 Å². The Hall–Kier alpha value is -2.69. The van der Waals surface area contributed by atoms with Crippen LogP contribution in [0.15, 0.2) is 54.6 Å².